The Kier molecular flexibility index (Phi) is 7.33. The van der Waals surface area contributed by atoms with Crippen LogP contribution in [0.2, 0.25) is 0 Å². The van der Waals surface area contributed by atoms with Gasteiger partial charge in [-0.15, -0.1) is 0 Å². The smallest absolute Gasteiger partial charge is 0.0713 e. The Morgan fingerprint density at radius 1 is 1.24 bits per heavy atom. The molecule has 17 heavy (non-hydrogen) atoms. The Balaban J connectivity index is 2.23. The first-order valence-corrected chi connectivity index (χ1v) is 7.35. The van der Waals surface area contributed by atoms with Crippen molar-refractivity contribution in [2.45, 2.75) is 31.7 Å². The molecule has 1 aromatic rings. The van der Waals surface area contributed by atoms with Crippen LogP contribution in [0.4, 0.5) is 0 Å². The van der Waals surface area contributed by atoms with E-state index < -0.39 is 0 Å². The second-order valence-corrected chi connectivity index (χ2v) is 5.54. The molecule has 1 unspecified atom stereocenters. The molecule has 0 amide bonds. The van der Waals surface area contributed by atoms with Gasteiger partial charge in [0.1, 0.15) is 0 Å². The van der Waals surface area contributed by atoms with Crippen molar-refractivity contribution < 1.29 is 4.74 Å². The number of hydrogen-bond donors (Lipinski definition) is 1. The minimum Gasteiger partial charge on any atom is -0.380 e. The molecular weight excluding hydrogens is 230 g/mol. The molecule has 0 aliphatic rings. The fourth-order valence-corrected chi connectivity index (χ4v) is 1.93. The van der Waals surface area contributed by atoms with Crippen LogP contribution < -0.4 is 5.32 Å². The molecule has 1 N–H and O–H groups in total. The maximum absolute atomic E-state index is 5.09. The van der Waals surface area contributed by atoms with Crippen LogP contribution in [-0.4, -0.2) is 25.2 Å². The van der Waals surface area contributed by atoms with Gasteiger partial charge in [-0.25, -0.2) is 0 Å². The number of methoxy groups -OCH3 is 1. The van der Waals surface area contributed by atoms with E-state index >= 15 is 0 Å². The molecular formula is C14H23NOS. The van der Waals surface area contributed by atoms with Crippen molar-refractivity contribution in [3.05, 3.63) is 35.4 Å². The van der Waals surface area contributed by atoms with Crippen LogP contribution in [0, 0.1) is 0 Å². The fraction of sp³-hybridized carbons (Fsp3) is 0.571. The van der Waals surface area contributed by atoms with E-state index in [2.05, 4.69) is 42.8 Å². The van der Waals surface area contributed by atoms with Crippen molar-refractivity contribution >= 4 is 11.8 Å². The second-order valence-electron chi connectivity index (χ2n) is 4.26. The molecule has 1 aromatic carbocycles. The molecule has 0 fully saturated rings. The van der Waals surface area contributed by atoms with Crippen LogP contribution >= 0.6 is 11.8 Å². The summed E-state index contributed by atoms with van der Waals surface area (Å²) < 4.78 is 5.09. The number of hydrogen-bond acceptors (Lipinski definition) is 3. The first-order valence-electron chi connectivity index (χ1n) is 6.06. The first kappa shape index (κ1) is 14.6. The van der Waals surface area contributed by atoms with Crippen molar-refractivity contribution in [2.75, 3.05) is 19.9 Å². The highest BCUT2D eigenvalue weighted by Crippen LogP contribution is 2.09. The Bertz CT molecular complexity index is 300. The minimum atomic E-state index is 0.693. The van der Waals surface area contributed by atoms with E-state index in [1.165, 1.54) is 17.5 Å². The number of rotatable bonds is 8. The van der Waals surface area contributed by atoms with E-state index in [9.17, 15) is 0 Å². The van der Waals surface area contributed by atoms with Crippen molar-refractivity contribution in [2.24, 2.45) is 0 Å². The van der Waals surface area contributed by atoms with Crippen molar-refractivity contribution in [3.63, 3.8) is 0 Å². The summed E-state index contributed by atoms with van der Waals surface area (Å²) in [4.78, 5) is 0. The summed E-state index contributed by atoms with van der Waals surface area (Å²) in [6, 6.07) is 8.59. The number of thioether (sulfide) groups is 1. The summed E-state index contributed by atoms with van der Waals surface area (Å²) >= 11 is 1.92. The standard InChI is InChI=1S/C14H23NOS/c1-12(17-3)8-9-15-10-13-4-6-14(7-5-13)11-16-2/h4-7,12,15H,8-11H2,1-3H3. The lowest BCUT2D eigenvalue weighted by Crippen LogP contribution is -2.17. The second kappa shape index (κ2) is 8.56. The van der Waals surface area contributed by atoms with Gasteiger partial charge in [-0.2, -0.15) is 11.8 Å². The minimum absolute atomic E-state index is 0.693. The lowest BCUT2D eigenvalue weighted by Gasteiger charge is -2.09. The average Bonchev–Trinajstić information content (AvgIpc) is 2.36. The van der Waals surface area contributed by atoms with Gasteiger partial charge < -0.3 is 10.1 Å². The number of ether oxygens (including phenoxy) is 1. The van der Waals surface area contributed by atoms with E-state index in [1.54, 1.807) is 7.11 Å². The maximum Gasteiger partial charge on any atom is 0.0713 e. The van der Waals surface area contributed by atoms with E-state index in [4.69, 9.17) is 4.74 Å². The zero-order valence-corrected chi connectivity index (χ0v) is 11.8. The van der Waals surface area contributed by atoms with Gasteiger partial charge in [-0.3, -0.25) is 0 Å². The van der Waals surface area contributed by atoms with E-state index in [0.717, 1.165) is 18.3 Å². The largest absolute Gasteiger partial charge is 0.380 e. The van der Waals surface area contributed by atoms with Crippen LogP contribution in [0.3, 0.4) is 0 Å². The summed E-state index contributed by atoms with van der Waals surface area (Å²) in [6.45, 7) is 5.00. The van der Waals surface area contributed by atoms with Crippen LogP contribution in [0.25, 0.3) is 0 Å². The first-order chi connectivity index (χ1) is 8.26. The molecule has 0 aliphatic carbocycles. The van der Waals surface area contributed by atoms with Gasteiger partial charge in [-0.1, -0.05) is 31.2 Å². The molecule has 2 nitrogen and oxygen atoms in total. The van der Waals surface area contributed by atoms with Crippen LogP contribution in [0.1, 0.15) is 24.5 Å². The molecule has 3 heteroatoms. The Hall–Kier alpha value is -0.510. The van der Waals surface area contributed by atoms with Gasteiger partial charge in [0, 0.05) is 18.9 Å². The molecule has 1 atom stereocenters. The molecule has 0 bridgehead atoms. The van der Waals surface area contributed by atoms with Gasteiger partial charge in [0.15, 0.2) is 0 Å². The van der Waals surface area contributed by atoms with E-state index in [-0.39, 0.29) is 0 Å². The highest BCUT2D eigenvalue weighted by molar-refractivity contribution is 7.99. The molecule has 0 saturated heterocycles. The van der Waals surface area contributed by atoms with Gasteiger partial charge >= 0.3 is 0 Å². The monoisotopic (exact) mass is 253 g/mol. The zero-order valence-electron chi connectivity index (χ0n) is 11.0. The zero-order chi connectivity index (χ0) is 12.5. The van der Waals surface area contributed by atoms with Gasteiger partial charge in [0.25, 0.3) is 0 Å². The van der Waals surface area contributed by atoms with Crippen molar-refractivity contribution in [1.29, 1.82) is 0 Å². The maximum atomic E-state index is 5.09. The number of nitrogens with one attached hydrogen (secondary N) is 1. The van der Waals surface area contributed by atoms with E-state index in [1.807, 2.05) is 11.8 Å². The topological polar surface area (TPSA) is 21.3 Å². The fourth-order valence-electron chi connectivity index (χ4n) is 1.58. The normalized spacial score (nSPS) is 12.6. The lowest BCUT2D eigenvalue weighted by atomic mass is 10.1. The lowest BCUT2D eigenvalue weighted by molar-refractivity contribution is 0.185. The van der Waals surface area contributed by atoms with Gasteiger partial charge in [0.05, 0.1) is 6.61 Å². The molecule has 96 valence electrons. The van der Waals surface area contributed by atoms with E-state index in [0.29, 0.717) is 6.61 Å². The summed E-state index contributed by atoms with van der Waals surface area (Å²) in [6.07, 6.45) is 3.39. The highest BCUT2D eigenvalue weighted by atomic mass is 32.2. The molecule has 1 rings (SSSR count). The van der Waals surface area contributed by atoms with Gasteiger partial charge in [0.2, 0.25) is 0 Å². The summed E-state index contributed by atoms with van der Waals surface area (Å²) in [5.74, 6) is 0. The van der Waals surface area contributed by atoms with Crippen molar-refractivity contribution in [1.82, 2.24) is 5.32 Å². The Morgan fingerprint density at radius 2 is 1.88 bits per heavy atom. The predicted molar refractivity (Wildman–Crippen MR) is 76.5 cm³/mol. The third kappa shape index (κ3) is 6.10. The van der Waals surface area contributed by atoms with Crippen molar-refractivity contribution in [3.8, 4) is 0 Å². The Labute approximate surface area is 109 Å². The quantitative estimate of drug-likeness (QED) is 0.719. The van der Waals surface area contributed by atoms with Crippen LogP contribution in [0.15, 0.2) is 24.3 Å². The Morgan fingerprint density at radius 3 is 2.47 bits per heavy atom. The van der Waals surface area contributed by atoms with Gasteiger partial charge in [-0.05, 0) is 30.3 Å². The molecule has 0 radical (unpaired) electrons. The third-order valence-electron chi connectivity index (χ3n) is 2.79. The molecule has 0 saturated carbocycles. The number of benzene rings is 1. The average molecular weight is 253 g/mol. The summed E-state index contributed by atoms with van der Waals surface area (Å²) in [5.41, 5.74) is 2.56. The highest BCUT2D eigenvalue weighted by Gasteiger charge is 1.98. The van der Waals surface area contributed by atoms with Crippen LogP contribution in [-0.2, 0) is 17.9 Å². The summed E-state index contributed by atoms with van der Waals surface area (Å²) in [7, 11) is 1.72. The molecule has 0 heterocycles. The molecule has 0 aromatic heterocycles. The molecule has 0 aliphatic heterocycles. The third-order valence-corrected chi connectivity index (χ3v) is 3.83. The predicted octanol–water partition coefficient (Wildman–Crippen LogP) is 3.06. The summed E-state index contributed by atoms with van der Waals surface area (Å²) in [5, 5.41) is 4.22. The molecule has 0 spiro atoms. The SMILES string of the molecule is COCc1ccc(CNCCC(C)SC)cc1. The van der Waals surface area contributed by atoms with Crippen LogP contribution in [0.5, 0.6) is 0 Å².